The summed E-state index contributed by atoms with van der Waals surface area (Å²) in [6.07, 6.45) is 2.95. The summed E-state index contributed by atoms with van der Waals surface area (Å²) in [5, 5.41) is 0. The SMILES string of the molecule is CSn1cc(F)cc(C(C)C)c1=O. The Morgan fingerprint density at radius 1 is 1.54 bits per heavy atom. The van der Waals surface area contributed by atoms with Crippen molar-refractivity contribution in [3.63, 3.8) is 0 Å². The van der Waals surface area contributed by atoms with Crippen LogP contribution in [0.1, 0.15) is 25.3 Å². The first-order chi connectivity index (χ1) is 6.06. The average molecular weight is 201 g/mol. The number of halogens is 1. The Hall–Kier alpha value is -0.770. The summed E-state index contributed by atoms with van der Waals surface area (Å²) in [4.78, 5) is 11.6. The zero-order chi connectivity index (χ0) is 10.0. The lowest BCUT2D eigenvalue weighted by molar-refractivity contribution is 0.611. The molecule has 0 bridgehead atoms. The van der Waals surface area contributed by atoms with Crippen LogP contribution in [0.5, 0.6) is 0 Å². The highest BCUT2D eigenvalue weighted by Gasteiger charge is 2.09. The van der Waals surface area contributed by atoms with Crippen molar-refractivity contribution in [3.8, 4) is 0 Å². The van der Waals surface area contributed by atoms with Crippen LogP contribution in [-0.4, -0.2) is 10.2 Å². The van der Waals surface area contributed by atoms with Crippen LogP contribution in [0.25, 0.3) is 0 Å². The second-order valence-electron chi connectivity index (χ2n) is 3.08. The van der Waals surface area contributed by atoms with Gasteiger partial charge in [0.05, 0.1) is 6.20 Å². The molecule has 0 spiro atoms. The van der Waals surface area contributed by atoms with E-state index in [2.05, 4.69) is 0 Å². The van der Waals surface area contributed by atoms with Crippen molar-refractivity contribution in [2.45, 2.75) is 19.8 Å². The van der Waals surface area contributed by atoms with E-state index in [0.717, 1.165) is 0 Å². The van der Waals surface area contributed by atoms with E-state index in [-0.39, 0.29) is 17.3 Å². The standard InChI is InChI=1S/C9H12FNOS/c1-6(2)8-4-7(10)5-11(13-3)9(8)12/h4-6H,1-3H3. The number of hydrogen-bond acceptors (Lipinski definition) is 2. The van der Waals surface area contributed by atoms with Gasteiger partial charge in [0.2, 0.25) is 0 Å². The molecule has 0 aliphatic carbocycles. The zero-order valence-electron chi connectivity index (χ0n) is 7.87. The van der Waals surface area contributed by atoms with Gasteiger partial charge in [-0.15, -0.1) is 0 Å². The average Bonchev–Trinajstić information content (AvgIpc) is 2.08. The van der Waals surface area contributed by atoms with E-state index in [1.807, 2.05) is 13.8 Å². The first-order valence-corrected chi connectivity index (χ1v) is 5.21. The van der Waals surface area contributed by atoms with E-state index in [1.165, 1.54) is 28.2 Å². The predicted molar refractivity (Wildman–Crippen MR) is 53.7 cm³/mol. The van der Waals surface area contributed by atoms with Crippen LogP contribution in [0.3, 0.4) is 0 Å². The van der Waals surface area contributed by atoms with Gasteiger partial charge in [0.1, 0.15) is 5.82 Å². The Kier molecular flexibility index (Phi) is 3.14. The van der Waals surface area contributed by atoms with Crippen LogP contribution in [0.4, 0.5) is 4.39 Å². The molecular weight excluding hydrogens is 189 g/mol. The fourth-order valence-corrected chi connectivity index (χ4v) is 1.57. The molecule has 1 aromatic rings. The third-order valence-corrected chi connectivity index (χ3v) is 2.46. The molecule has 0 aliphatic heterocycles. The summed E-state index contributed by atoms with van der Waals surface area (Å²) in [7, 11) is 0. The molecule has 0 saturated carbocycles. The van der Waals surface area contributed by atoms with Crippen LogP contribution < -0.4 is 5.56 Å². The Balaban J connectivity index is 3.36. The molecule has 0 aliphatic rings. The largest absolute Gasteiger partial charge is 0.268 e. The molecule has 0 amide bonds. The molecule has 0 radical (unpaired) electrons. The smallest absolute Gasteiger partial charge is 0.264 e. The highest BCUT2D eigenvalue weighted by Crippen LogP contribution is 2.12. The van der Waals surface area contributed by atoms with E-state index in [0.29, 0.717) is 5.56 Å². The van der Waals surface area contributed by atoms with Gasteiger partial charge in [-0.05, 0) is 23.9 Å². The van der Waals surface area contributed by atoms with Crippen molar-refractivity contribution in [2.75, 3.05) is 6.26 Å². The molecule has 0 atom stereocenters. The number of nitrogens with zero attached hydrogens (tertiary/aromatic N) is 1. The van der Waals surface area contributed by atoms with Crippen molar-refractivity contribution in [1.82, 2.24) is 3.97 Å². The molecule has 1 rings (SSSR count). The van der Waals surface area contributed by atoms with Gasteiger partial charge in [-0.2, -0.15) is 0 Å². The van der Waals surface area contributed by atoms with Crippen LogP contribution in [0.2, 0.25) is 0 Å². The van der Waals surface area contributed by atoms with Gasteiger partial charge in [0.25, 0.3) is 5.56 Å². The maximum Gasteiger partial charge on any atom is 0.264 e. The van der Waals surface area contributed by atoms with Crippen molar-refractivity contribution in [1.29, 1.82) is 0 Å². The fourth-order valence-electron chi connectivity index (χ4n) is 1.09. The maximum atomic E-state index is 13.0. The van der Waals surface area contributed by atoms with E-state index in [9.17, 15) is 9.18 Å². The second kappa shape index (κ2) is 3.96. The highest BCUT2D eigenvalue weighted by molar-refractivity contribution is 7.97. The molecule has 0 fully saturated rings. The minimum Gasteiger partial charge on any atom is -0.268 e. The molecule has 13 heavy (non-hydrogen) atoms. The minimum absolute atomic E-state index is 0.0570. The Morgan fingerprint density at radius 2 is 2.15 bits per heavy atom. The van der Waals surface area contributed by atoms with Crippen molar-refractivity contribution in [3.05, 3.63) is 34.0 Å². The Labute approximate surface area is 80.9 Å². The normalized spacial score (nSPS) is 10.8. The van der Waals surface area contributed by atoms with Crippen LogP contribution >= 0.6 is 11.9 Å². The summed E-state index contributed by atoms with van der Waals surface area (Å²) >= 11 is 1.21. The number of pyridine rings is 1. The molecule has 0 N–H and O–H groups in total. The summed E-state index contributed by atoms with van der Waals surface area (Å²) in [6.45, 7) is 3.75. The van der Waals surface area contributed by atoms with E-state index in [4.69, 9.17) is 0 Å². The first-order valence-electron chi connectivity index (χ1n) is 4.03. The molecule has 4 heteroatoms. The lowest BCUT2D eigenvalue weighted by Crippen LogP contribution is -2.20. The number of aromatic nitrogens is 1. The quantitative estimate of drug-likeness (QED) is 0.732. The predicted octanol–water partition coefficient (Wildman–Crippen LogP) is 2.24. The number of rotatable bonds is 2. The third-order valence-electron chi connectivity index (χ3n) is 1.80. The molecule has 1 aromatic heterocycles. The van der Waals surface area contributed by atoms with Crippen LogP contribution in [-0.2, 0) is 0 Å². The molecule has 72 valence electrons. The first kappa shape index (κ1) is 10.3. The van der Waals surface area contributed by atoms with Crippen LogP contribution in [0.15, 0.2) is 17.1 Å². The van der Waals surface area contributed by atoms with Crippen LogP contribution in [0, 0.1) is 5.82 Å². The van der Waals surface area contributed by atoms with Crippen molar-refractivity contribution >= 4 is 11.9 Å². The third kappa shape index (κ3) is 2.12. The summed E-state index contributed by atoms with van der Waals surface area (Å²) in [6, 6.07) is 1.31. The van der Waals surface area contributed by atoms with E-state index < -0.39 is 0 Å². The second-order valence-corrected chi connectivity index (χ2v) is 3.84. The summed E-state index contributed by atoms with van der Waals surface area (Å²) in [5.41, 5.74) is 0.401. The van der Waals surface area contributed by atoms with Gasteiger partial charge in [-0.25, -0.2) is 4.39 Å². The summed E-state index contributed by atoms with van der Waals surface area (Å²) in [5.74, 6) is -0.306. The maximum absolute atomic E-state index is 13.0. The van der Waals surface area contributed by atoms with Gasteiger partial charge in [-0.3, -0.25) is 8.77 Å². The minimum atomic E-state index is -0.363. The topological polar surface area (TPSA) is 22.0 Å². The molecular formula is C9H12FNOS. The zero-order valence-corrected chi connectivity index (χ0v) is 8.69. The van der Waals surface area contributed by atoms with Crippen molar-refractivity contribution < 1.29 is 4.39 Å². The van der Waals surface area contributed by atoms with Gasteiger partial charge in [-0.1, -0.05) is 13.8 Å². The fraction of sp³-hybridized carbons (Fsp3) is 0.444. The Morgan fingerprint density at radius 3 is 2.62 bits per heavy atom. The summed E-state index contributed by atoms with van der Waals surface area (Å²) < 4.78 is 14.3. The lowest BCUT2D eigenvalue weighted by Gasteiger charge is -2.07. The van der Waals surface area contributed by atoms with Crippen molar-refractivity contribution in [2.24, 2.45) is 0 Å². The number of hydrogen-bond donors (Lipinski definition) is 0. The van der Waals surface area contributed by atoms with Gasteiger partial charge in [0, 0.05) is 11.8 Å². The lowest BCUT2D eigenvalue weighted by atomic mass is 10.1. The van der Waals surface area contributed by atoms with E-state index in [1.54, 1.807) is 6.26 Å². The molecule has 1 heterocycles. The van der Waals surface area contributed by atoms with E-state index >= 15 is 0 Å². The molecule has 0 unspecified atom stereocenters. The van der Waals surface area contributed by atoms with Gasteiger partial charge < -0.3 is 0 Å². The molecule has 0 saturated heterocycles. The van der Waals surface area contributed by atoms with Gasteiger partial charge >= 0.3 is 0 Å². The molecule has 2 nitrogen and oxygen atoms in total. The Bertz CT molecular complexity index is 359. The monoisotopic (exact) mass is 201 g/mol. The molecule has 0 aromatic carbocycles. The highest BCUT2D eigenvalue weighted by atomic mass is 32.2. The van der Waals surface area contributed by atoms with Gasteiger partial charge in [0.15, 0.2) is 0 Å².